The normalized spacial score (nSPS) is 16.2. The second kappa shape index (κ2) is 6.52. The number of hydrogen-bond donors (Lipinski definition) is 0. The molecule has 0 radical (unpaired) electrons. The summed E-state index contributed by atoms with van der Waals surface area (Å²) in [5.41, 5.74) is 1.60. The molecule has 0 aromatic heterocycles. The number of rotatable bonds is 3. The number of amides is 1. The molecule has 1 atom stereocenters. The molecule has 118 valence electrons. The van der Waals surface area contributed by atoms with Crippen LogP contribution < -0.4 is 9.64 Å². The van der Waals surface area contributed by atoms with Gasteiger partial charge in [-0.2, -0.15) is 0 Å². The Balaban J connectivity index is 1.87. The molecule has 2 aromatic rings. The molecule has 0 N–H and O–H groups in total. The summed E-state index contributed by atoms with van der Waals surface area (Å²) < 4.78 is 10.4. The molecule has 1 unspecified atom stereocenters. The largest absolute Gasteiger partial charge is 0.475 e. The number of benzene rings is 2. The molecule has 0 aliphatic carbocycles. The lowest BCUT2D eigenvalue weighted by Crippen LogP contribution is -2.48. The third-order valence-electron chi connectivity index (χ3n) is 3.74. The predicted molar refractivity (Wildman–Crippen MR) is 85.4 cm³/mol. The van der Waals surface area contributed by atoms with E-state index in [0.717, 1.165) is 5.56 Å². The van der Waals surface area contributed by atoms with Crippen molar-refractivity contribution in [1.29, 1.82) is 0 Å². The Kier molecular flexibility index (Phi) is 4.28. The number of methoxy groups -OCH3 is 1. The van der Waals surface area contributed by atoms with Crippen molar-refractivity contribution < 1.29 is 19.1 Å². The average molecular weight is 311 g/mol. The van der Waals surface area contributed by atoms with E-state index in [-0.39, 0.29) is 18.9 Å². The van der Waals surface area contributed by atoms with Crippen LogP contribution in [0.5, 0.6) is 5.75 Å². The SMILES string of the molecule is COC(=O)C1CN(C(=O)Cc2ccccc2)c2ccccc2O1. The van der Waals surface area contributed by atoms with Gasteiger partial charge < -0.3 is 14.4 Å². The zero-order chi connectivity index (χ0) is 16.2. The van der Waals surface area contributed by atoms with Crippen molar-refractivity contribution in [3.8, 4) is 5.75 Å². The fourth-order valence-corrected chi connectivity index (χ4v) is 2.59. The third-order valence-corrected chi connectivity index (χ3v) is 3.74. The van der Waals surface area contributed by atoms with Crippen LogP contribution in [0, 0.1) is 0 Å². The first-order valence-electron chi connectivity index (χ1n) is 7.37. The van der Waals surface area contributed by atoms with Crippen LogP contribution in [0.3, 0.4) is 0 Å². The van der Waals surface area contributed by atoms with E-state index in [9.17, 15) is 9.59 Å². The molecule has 3 rings (SSSR count). The summed E-state index contributed by atoms with van der Waals surface area (Å²) in [6.45, 7) is 0.148. The molecule has 1 aliphatic rings. The number of anilines is 1. The Labute approximate surface area is 134 Å². The Morgan fingerprint density at radius 2 is 1.83 bits per heavy atom. The Morgan fingerprint density at radius 3 is 2.57 bits per heavy atom. The molecule has 0 bridgehead atoms. The van der Waals surface area contributed by atoms with Gasteiger partial charge in [0, 0.05) is 0 Å². The highest BCUT2D eigenvalue weighted by atomic mass is 16.6. The van der Waals surface area contributed by atoms with Gasteiger partial charge in [0.25, 0.3) is 0 Å². The van der Waals surface area contributed by atoms with Crippen LogP contribution in [0.2, 0.25) is 0 Å². The van der Waals surface area contributed by atoms with E-state index in [1.807, 2.05) is 42.5 Å². The number of ether oxygens (including phenoxy) is 2. The van der Waals surface area contributed by atoms with E-state index in [1.54, 1.807) is 17.0 Å². The Morgan fingerprint density at radius 1 is 1.13 bits per heavy atom. The van der Waals surface area contributed by atoms with Crippen molar-refractivity contribution in [3.05, 3.63) is 60.2 Å². The van der Waals surface area contributed by atoms with Crippen molar-refractivity contribution in [1.82, 2.24) is 0 Å². The van der Waals surface area contributed by atoms with E-state index < -0.39 is 12.1 Å². The van der Waals surface area contributed by atoms with Crippen LogP contribution in [0.15, 0.2) is 54.6 Å². The van der Waals surface area contributed by atoms with E-state index in [0.29, 0.717) is 11.4 Å². The zero-order valence-corrected chi connectivity index (χ0v) is 12.8. The van der Waals surface area contributed by atoms with E-state index in [1.165, 1.54) is 7.11 Å². The van der Waals surface area contributed by atoms with E-state index in [2.05, 4.69) is 0 Å². The number of esters is 1. The number of hydrogen-bond acceptors (Lipinski definition) is 4. The van der Waals surface area contributed by atoms with Crippen molar-refractivity contribution in [3.63, 3.8) is 0 Å². The van der Waals surface area contributed by atoms with E-state index in [4.69, 9.17) is 9.47 Å². The maximum atomic E-state index is 12.7. The van der Waals surface area contributed by atoms with Gasteiger partial charge in [-0.15, -0.1) is 0 Å². The highest BCUT2D eigenvalue weighted by molar-refractivity contribution is 5.97. The molecule has 1 heterocycles. The van der Waals surface area contributed by atoms with Crippen LogP contribution >= 0.6 is 0 Å². The minimum Gasteiger partial charge on any atom is -0.475 e. The van der Waals surface area contributed by atoms with Crippen molar-refractivity contribution in [2.45, 2.75) is 12.5 Å². The quantitative estimate of drug-likeness (QED) is 0.816. The third kappa shape index (κ3) is 3.18. The first kappa shape index (κ1) is 15.1. The fraction of sp³-hybridized carbons (Fsp3) is 0.222. The molecule has 1 amide bonds. The minimum absolute atomic E-state index is 0.0825. The molecule has 1 aliphatic heterocycles. The molecule has 5 heteroatoms. The molecule has 0 saturated heterocycles. The lowest BCUT2D eigenvalue weighted by molar-refractivity contribution is -0.148. The number of nitrogens with zero attached hydrogens (tertiary/aromatic N) is 1. The number of carbonyl (C=O) groups is 2. The summed E-state index contributed by atoms with van der Waals surface area (Å²) in [7, 11) is 1.31. The molecular weight excluding hydrogens is 294 g/mol. The number of fused-ring (bicyclic) bond motifs is 1. The topological polar surface area (TPSA) is 55.8 Å². The maximum absolute atomic E-state index is 12.7. The van der Waals surface area contributed by atoms with Crippen LogP contribution in [0.4, 0.5) is 5.69 Å². The van der Waals surface area contributed by atoms with Gasteiger partial charge in [0.15, 0.2) is 0 Å². The Bertz CT molecular complexity index is 714. The van der Waals surface area contributed by atoms with Crippen molar-refractivity contribution in [2.24, 2.45) is 0 Å². The van der Waals surface area contributed by atoms with Gasteiger partial charge in [-0.05, 0) is 17.7 Å². The molecular formula is C18H17NO4. The van der Waals surface area contributed by atoms with Crippen LogP contribution in [0.1, 0.15) is 5.56 Å². The van der Waals surface area contributed by atoms with Gasteiger partial charge in [-0.25, -0.2) is 4.79 Å². The van der Waals surface area contributed by atoms with Crippen LogP contribution in [-0.4, -0.2) is 31.6 Å². The van der Waals surface area contributed by atoms with Gasteiger partial charge in [-0.3, -0.25) is 4.79 Å². The van der Waals surface area contributed by atoms with Gasteiger partial charge in [0.2, 0.25) is 12.0 Å². The lowest BCUT2D eigenvalue weighted by Gasteiger charge is -2.33. The summed E-state index contributed by atoms with van der Waals surface area (Å²) in [5, 5.41) is 0. The molecule has 23 heavy (non-hydrogen) atoms. The van der Waals surface area contributed by atoms with Crippen molar-refractivity contribution in [2.75, 3.05) is 18.6 Å². The Hall–Kier alpha value is -2.82. The second-order valence-electron chi connectivity index (χ2n) is 5.26. The fourth-order valence-electron chi connectivity index (χ4n) is 2.59. The first-order chi connectivity index (χ1) is 11.2. The van der Waals surface area contributed by atoms with Crippen LogP contribution in [-0.2, 0) is 20.7 Å². The van der Waals surface area contributed by atoms with Crippen LogP contribution in [0.25, 0.3) is 0 Å². The minimum atomic E-state index is -0.811. The highest BCUT2D eigenvalue weighted by Gasteiger charge is 2.34. The summed E-state index contributed by atoms with van der Waals surface area (Å²) in [5.74, 6) is -0.0616. The van der Waals surface area contributed by atoms with Gasteiger partial charge >= 0.3 is 5.97 Å². The molecule has 0 saturated carbocycles. The van der Waals surface area contributed by atoms with Crippen molar-refractivity contribution >= 4 is 17.6 Å². The summed E-state index contributed by atoms with van der Waals surface area (Å²) in [4.78, 5) is 26.1. The summed E-state index contributed by atoms with van der Waals surface area (Å²) in [6.07, 6.45) is -0.544. The van der Waals surface area contributed by atoms with E-state index >= 15 is 0 Å². The number of para-hydroxylation sites is 2. The molecule has 0 spiro atoms. The summed E-state index contributed by atoms with van der Waals surface area (Å²) in [6, 6.07) is 16.7. The first-order valence-corrected chi connectivity index (χ1v) is 7.37. The highest BCUT2D eigenvalue weighted by Crippen LogP contribution is 2.33. The van der Waals surface area contributed by atoms with Gasteiger partial charge in [0.1, 0.15) is 5.75 Å². The monoisotopic (exact) mass is 311 g/mol. The van der Waals surface area contributed by atoms with Gasteiger partial charge in [0.05, 0.1) is 25.8 Å². The standard InChI is InChI=1S/C18H17NO4/c1-22-18(21)16-12-19(14-9-5-6-10-15(14)23-16)17(20)11-13-7-3-2-4-8-13/h2-10,16H,11-12H2,1H3. The molecule has 0 fully saturated rings. The average Bonchev–Trinajstić information content (AvgIpc) is 2.60. The maximum Gasteiger partial charge on any atom is 0.348 e. The zero-order valence-electron chi connectivity index (χ0n) is 12.8. The smallest absolute Gasteiger partial charge is 0.348 e. The second-order valence-corrected chi connectivity index (χ2v) is 5.26. The lowest BCUT2D eigenvalue weighted by atomic mass is 10.1. The molecule has 5 nitrogen and oxygen atoms in total. The summed E-state index contributed by atoms with van der Waals surface area (Å²) >= 11 is 0. The predicted octanol–water partition coefficient (Wildman–Crippen LogP) is 2.20. The number of carbonyl (C=O) groups excluding carboxylic acids is 2. The molecule has 2 aromatic carbocycles. The van der Waals surface area contributed by atoms with Gasteiger partial charge in [-0.1, -0.05) is 42.5 Å².